The van der Waals surface area contributed by atoms with Gasteiger partial charge in [0.05, 0.1) is 30.7 Å². The second-order valence-electron chi connectivity index (χ2n) is 7.48. The maximum atomic E-state index is 13.0. The molecule has 1 aliphatic rings. The molecule has 1 aliphatic heterocycles. The number of amides is 1. The van der Waals surface area contributed by atoms with Gasteiger partial charge in [-0.05, 0) is 49.4 Å². The Bertz CT molecular complexity index is 907. The number of hydrogen-bond donors (Lipinski definition) is 1. The van der Waals surface area contributed by atoms with Gasteiger partial charge in [0.1, 0.15) is 5.75 Å². The molecule has 1 amide bonds. The van der Waals surface area contributed by atoms with Crippen LogP contribution in [0.15, 0.2) is 42.5 Å². The molecular formula is C24H31N3O4. The summed E-state index contributed by atoms with van der Waals surface area (Å²) in [5.41, 5.74) is 2.39. The number of carbonyl (C=O) groups excluding carboxylic acids is 2. The fourth-order valence-corrected chi connectivity index (χ4v) is 3.60. The number of anilines is 2. The van der Waals surface area contributed by atoms with Crippen molar-refractivity contribution >= 4 is 23.3 Å². The Labute approximate surface area is 183 Å². The van der Waals surface area contributed by atoms with Crippen molar-refractivity contribution in [3.63, 3.8) is 0 Å². The van der Waals surface area contributed by atoms with E-state index in [4.69, 9.17) is 9.47 Å². The lowest BCUT2D eigenvalue weighted by atomic mass is 10.1. The minimum Gasteiger partial charge on any atom is -0.494 e. The molecule has 0 radical (unpaired) electrons. The first-order valence-corrected chi connectivity index (χ1v) is 10.8. The van der Waals surface area contributed by atoms with Crippen LogP contribution in [0.2, 0.25) is 0 Å². The second-order valence-corrected chi connectivity index (χ2v) is 7.48. The molecule has 3 rings (SSSR count). The van der Waals surface area contributed by atoms with E-state index in [2.05, 4.69) is 22.0 Å². The molecule has 1 heterocycles. The molecule has 0 atom stereocenters. The first kappa shape index (κ1) is 22.6. The summed E-state index contributed by atoms with van der Waals surface area (Å²) >= 11 is 0. The van der Waals surface area contributed by atoms with Gasteiger partial charge in [-0.2, -0.15) is 0 Å². The third-order valence-corrected chi connectivity index (χ3v) is 5.40. The summed E-state index contributed by atoms with van der Waals surface area (Å²) < 4.78 is 10.5. The SMILES string of the molecule is CCCOc1cccc(C(=O)Nc2cc(C(=O)OC)ccc2N2CCN(CC)CC2)c1. The van der Waals surface area contributed by atoms with Crippen LogP contribution in [-0.4, -0.2) is 63.2 Å². The van der Waals surface area contributed by atoms with Gasteiger partial charge in [-0.15, -0.1) is 0 Å². The number of likely N-dealkylation sites (N-methyl/N-ethyl adjacent to an activating group) is 1. The molecule has 0 spiro atoms. The monoisotopic (exact) mass is 425 g/mol. The van der Waals surface area contributed by atoms with E-state index in [1.54, 1.807) is 30.3 Å². The molecular weight excluding hydrogens is 394 g/mol. The van der Waals surface area contributed by atoms with Crippen LogP contribution in [0.1, 0.15) is 41.0 Å². The van der Waals surface area contributed by atoms with Crippen LogP contribution in [-0.2, 0) is 4.74 Å². The van der Waals surface area contributed by atoms with E-state index in [9.17, 15) is 9.59 Å². The third-order valence-electron chi connectivity index (χ3n) is 5.40. The van der Waals surface area contributed by atoms with E-state index in [-0.39, 0.29) is 5.91 Å². The first-order valence-electron chi connectivity index (χ1n) is 10.8. The number of esters is 1. The quantitative estimate of drug-likeness (QED) is 0.651. The van der Waals surface area contributed by atoms with E-state index in [1.165, 1.54) is 7.11 Å². The second kappa shape index (κ2) is 10.8. The van der Waals surface area contributed by atoms with Crippen LogP contribution >= 0.6 is 0 Å². The van der Waals surface area contributed by atoms with Crippen LogP contribution in [0, 0.1) is 0 Å². The van der Waals surface area contributed by atoms with Gasteiger partial charge in [-0.3, -0.25) is 4.79 Å². The number of methoxy groups -OCH3 is 1. The minimum atomic E-state index is -0.437. The van der Waals surface area contributed by atoms with Crippen LogP contribution in [0.3, 0.4) is 0 Å². The van der Waals surface area contributed by atoms with E-state index in [0.29, 0.717) is 29.2 Å². The van der Waals surface area contributed by atoms with Gasteiger partial charge >= 0.3 is 5.97 Å². The molecule has 7 heteroatoms. The Morgan fingerprint density at radius 2 is 1.77 bits per heavy atom. The lowest BCUT2D eigenvalue weighted by molar-refractivity contribution is 0.0600. The third kappa shape index (κ3) is 5.76. The molecule has 1 saturated heterocycles. The number of nitrogens with one attached hydrogen (secondary N) is 1. The van der Waals surface area contributed by atoms with Crippen molar-refractivity contribution in [3.8, 4) is 5.75 Å². The van der Waals surface area contributed by atoms with Crippen molar-refractivity contribution in [2.75, 3.05) is 56.7 Å². The molecule has 1 fully saturated rings. The summed E-state index contributed by atoms with van der Waals surface area (Å²) in [6.07, 6.45) is 0.894. The molecule has 0 unspecified atom stereocenters. The maximum Gasteiger partial charge on any atom is 0.337 e. The highest BCUT2D eigenvalue weighted by Crippen LogP contribution is 2.29. The molecule has 166 valence electrons. The van der Waals surface area contributed by atoms with Crippen molar-refractivity contribution in [2.24, 2.45) is 0 Å². The van der Waals surface area contributed by atoms with E-state index < -0.39 is 5.97 Å². The van der Waals surface area contributed by atoms with Crippen molar-refractivity contribution in [3.05, 3.63) is 53.6 Å². The van der Waals surface area contributed by atoms with E-state index >= 15 is 0 Å². The van der Waals surface area contributed by atoms with Crippen molar-refractivity contribution in [1.29, 1.82) is 0 Å². The van der Waals surface area contributed by atoms with Gasteiger partial charge in [0, 0.05) is 31.7 Å². The lowest BCUT2D eigenvalue weighted by Gasteiger charge is -2.36. The number of benzene rings is 2. The maximum absolute atomic E-state index is 13.0. The van der Waals surface area contributed by atoms with Crippen molar-refractivity contribution in [1.82, 2.24) is 4.90 Å². The number of ether oxygens (including phenoxy) is 2. The highest BCUT2D eigenvalue weighted by Gasteiger charge is 2.21. The van der Waals surface area contributed by atoms with Gasteiger partial charge in [-0.25, -0.2) is 4.79 Å². The van der Waals surface area contributed by atoms with Crippen LogP contribution < -0.4 is 15.0 Å². The molecule has 0 aromatic heterocycles. The predicted molar refractivity (Wildman–Crippen MR) is 122 cm³/mol. The molecule has 1 N–H and O–H groups in total. The summed E-state index contributed by atoms with van der Waals surface area (Å²) in [6, 6.07) is 12.4. The molecule has 31 heavy (non-hydrogen) atoms. The number of nitrogens with zero attached hydrogens (tertiary/aromatic N) is 2. The van der Waals surface area contributed by atoms with E-state index in [1.807, 2.05) is 19.1 Å². The van der Waals surface area contributed by atoms with Crippen molar-refractivity contribution < 1.29 is 19.1 Å². The zero-order valence-electron chi connectivity index (χ0n) is 18.5. The molecule has 0 saturated carbocycles. The molecule has 7 nitrogen and oxygen atoms in total. The topological polar surface area (TPSA) is 71.1 Å². The summed E-state index contributed by atoms with van der Waals surface area (Å²) in [4.78, 5) is 29.7. The summed E-state index contributed by atoms with van der Waals surface area (Å²) in [5.74, 6) is -0.0288. The van der Waals surface area contributed by atoms with Gasteiger partial charge in [0.15, 0.2) is 0 Å². The van der Waals surface area contributed by atoms with Gasteiger partial charge in [-0.1, -0.05) is 19.9 Å². The van der Waals surface area contributed by atoms with Gasteiger partial charge in [0.25, 0.3) is 5.91 Å². The molecule has 2 aromatic rings. The highest BCUT2D eigenvalue weighted by atomic mass is 16.5. The fourth-order valence-electron chi connectivity index (χ4n) is 3.60. The molecule has 0 bridgehead atoms. The fraction of sp³-hybridized carbons (Fsp3) is 0.417. The average molecular weight is 426 g/mol. The number of rotatable bonds is 8. The number of piperazine rings is 1. The van der Waals surface area contributed by atoms with Gasteiger partial charge in [0.2, 0.25) is 0 Å². The molecule has 0 aliphatic carbocycles. The Hall–Kier alpha value is -3.06. The zero-order valence-corrected chi connectivity index (χ0v) is 18.5. The Morgan fingerprint density at radius 3 is 2.45 bits per heavy atom. The predicted octanol–water partition coefficient (Wildman–Crippen LogP) is 3.66. The first-order chi connectivity index (χ1) is 15.0. The van der Waals surface area contributed by atoms with Crippen LogP contribution in [0.25, 0.3) is 0 Å². The highest BCUT2D eigenvalue weighted by molar-refractivity contribution is 6.07. The Kier molecular flexibility index (Phi) is 7.89. The normalized spacial score (nSPS) is 14.2. The zero-order chi connectivity index (χ0) is 22.2. The largest absolute Gasteiger partial charge is 0.494 e. The summed E-state index contributed by atoms with van der Waals surface area (Å²) in [6.45, 7) is 9.44. The Balaban J connectivity index is 1.85. The standard InChI is InChI=1S/C24H31N3O4/c1-4-15-31-20-8-6-7-18(16-20)23(28)25-21-17-19(24(29)30-3)9-10-22(21)27-13-11-26(5-2)12-14-27/h6-10,16-17H,4-5,11-15H2,1-3H3,(H,25,28). The van der Waals surface area contributed by atoms with E-state index in [0.717, 1.165) is 44.8 Å². The minimum absolute atomic E-state index is 0.252. The summed E-state index contributed by atoms with van der Waals surface area (Å²) in [7, 11) is 1.35. The Morgan fingerprint density at radius 1 is 1.00 bits per heavy atom. The van der Waals surface area contributed by atoms with Crippen LogP contribution in [0.5, 0.6) is 5.75 Å². The van der Waals surface area contributed by atoms with Crippen LogP contribution in [0.4, 0.5) is 11.4 Å². The number of carbonyl (C=O) groups is 2. The summed E-state index contributed by atoms with van der Waals surface area (Å²) in [5, 5.41) is 2.99. The average Bonchev–Trinajstić information content (AvgIpc) is 2.82. The van der Waals surface area contributed by atoms with Crippen molar-refractivity contribution in [2.45, 2.75) is 20.3 Å². The number of hydrogen-bond acceptors (Lipinski definition) is 6. The smallest absolute Gasteiger partial charge is 0.337 e. The lowest BCUT2D eigenvalue weighted by Crippen LogP contribution is -2.46. The van der Waals surface area contributed by atoms with Gasteiger partial charge < -0.3 is 24.6 Å². The molecule has 2 aromatic carbocycles.